The van der Waals surface area contributed by atoms with Gasteiger partial charge in [0.05, 0.1) is 22.5 Å². The molecule has 0 aliphatic rings. The summed E-state index contributed by atoms with van der Waals surface area (Å²) in [7, 11) is 0. The van der Waals surface area contributed by atoms with Gasteiger partial charge >= 0.3 is 0 Å². The number of H-pyrrole nitrogens is 2. The highest BCUT2D eigenvalue weighted by Crippen LogP contribution is 2.35. The molecule has 14 heteroatoms. The molecule has 0 saturated heterocycles. The molecule has 2 N–H and O–H groups in total. The third-order valence-electron chi connectivity index (χ3n) is 8.24. The Hall–Kier alpha value is -6.18. The Morgan fingerprint density at radius 1 is 0.574 bits per heavy atom. The monoisotopic (exact) mass is 746 g/mol. The molecule has 54 heavy (non-hydrogen) atoms. The predicted octanol–water partition coefficient (Wildman–Crippen LogP) is 10.2. The summed E-state index contributed by atoms with van der Waals surface area (Å²) in [5.41, 5.74) is 6.34. The minimum atomic E-state index is -2.67. The highest BCUT2D eigenvalue weighted by molar-refractivity contribution is 5.73. The van der Waals surface area contributed by atoms with E-state index in [1.54, 1.807) is 50.2 Å². The van der Waals surface area contributed by atoms with Crippen molar-refractivity contribution in [3.05, 3.63) is 139 Å². The number of halogens is 4. The maximum Gasteiger partial charge on any atom is 0.269 e. The molecule has 4 aromatic heterocycles. The van der Waals surface area contributed by atoms with Gasteiger partial charge in [-0.25, -0.2) is 37.7 Å². The molecule has 2 aromatic carbocycles. The lowest BCUT2D eigenvalue weighted by Gasteiger charge is -2.14. The number of hydrogen-bond donors (Lipinski definition) is 2. The summed E-state index contributed by atoms with van der Waals surface area (Å²) in [5.74, 6) is 0.527. The molecule has 0 aliphatic carbocycles. The van der Waals surface area contributed by atoms with Crippen molar-refractivity contribution in [2.75, 3.05) is 0 Å². The summed E-state index contributed by atoms with van der Waals surface area (Å²) in [4.78, 5) is 31.5. The summed E-state index contributed by atoms with van der Waals surface area (Å²) in [6.45, 7) is 10.8. The minimum absolute atomic E-state index is 0. The molecule has 6 rings (SSSR count). The molecule has 0 aliphatic heterocycles. The second kappa shape index (κ2) is 18.0. The van der Waals surface area contributed by atoms with Crippen molar-refractivity contribution in [3.8, 4) is 45.5 Å². The maximum atomic E-state index is 13.1. The molecular weight excluding hydrogens is 704 g/mol. The molecule has 0 spiro atoms. The van der Waals surface area contributed by atoms with E-state index in [2.05, 4.69) is 30.4 Å². The van der Waals surface area contributed by atoms with Gasteiger partial charge in [-0.1, -0.05) is 27.0 Å². The Balaban J connectivity index is 0.000000280. The lowest BCUT2D eigenvalue weighted by atomic mass is 9.96. The van der Waals surface area contributed by atoms with Crippen LogP contribution in [-0.4, -0.2) is 30.4 Å². The van der Waals surface area contributed by atoms with E-state index in [4.69, 9.17) is 9.47 Å². The number of benzene rings is 2. The Morgan fingerprint density at radius 2 is 0.944 bits per heavy atom. The van der Waals surface area contributed by atoms with E-state index in [0.717, 1.165) is 33.4 Å². The van der Waals surface area contributed by atoms with Crippen molar-refractivity contribution in [1.29, 1.82) is 0 Å². The number of pyridine rings is 2. The molecule has 0 amide bonds. The molecule has 0 radical (unpaired) electrons. The molecule has 6 aromatic rings. The van der Waals surface area contributed by atoms with E-state index in [1.807, 2.05) is 27.7 Å². The van der Waals surface area contributed by atoms with Gasteiger partial charge in [0.1, 0.15) is 11.5 Å². The van der Waals surface area contributed by atoms with E-state index in [9.17, 15) is 27.2 Å². The van der Waals surface area contributed by atoms with E-state index in [-0.39, 0.29) is 48.9 Å². The largest absolute Gasteiger partial charge is 0.439 e. The van der Waals surface area contributed by atoms with Gasteiger partial charge in [0.15, 0.2) is 0 Å². The van der Waals surface area contributed by atoms with Crippen molar-refractivity contribution in [1.82, 2.24) is 30.4 Å². The average molecular weight is 747 g/mol. The average Bonchev–Trinajstić information content (AvgIpc) is 3.11. The van der Waals surface area contributed by atoms with Gasteiger partial charge in [0.2, 0.25) is 11.8 Å². The van der Waals surface area contributed by atoms with Gasteiger partial charge in [-0.15, -0.1) is 0 Å². The third-order valence-corrected chi connectivity index (χ3v) is 8.24. The predicted molar refractivity (Wildman–Crippen MR) is 201 cm³/mol. The molecule has 284 valence electrons. The smallest absolute Gasteiger partial charge is 0.269 e. The molecule has 0 bridgehead atoms. The van der Waals surface area contributed by atoms with Crippen LogP contribution >= 0.6 is 0 Å². The number of rotatable bonds is 8. The number of nitrogens with zero attached hydrogens (tertiary/aromatic N) is 4. The SMILES string of the molecule is C.C.Cc1cc(Oc2ncccc2C(F)F)ccc1-c1c(C)n[nH]c(=O)c1C.Cc1cc(Oc2ncccc2C(F)F)ccc1-c1c(C)n[nH]c(=O)c1C. The Bertz CT molecular complexity index is 2200. The number of aryl methyl sites for hydroxylation is 4. The summed E-state index contributed by atoms with van der Waals surface area (Å²) in [6, 6.07) is 15.8. The normalized spacial score (nSPS) is 10.6. The zero-order valence-corrected chi connectivity index (χ0v) is 29.0. The van der Waals surface area contributed by atoms with E-state index in [0.29, 0.717) is 34.0 Å². The number of hydrogen-bond acceptors (Lipinski definition) is 8. The van der Waals surface area contributed by atoms with Crippen LogP contribution in [0.3, 0.4) is 0 Å². The van der Waals surface area contributed by atoms with Crippen molar-refractivity contribution < 1.29 is 27.0 Å². The van der Waals surface area contributed by atoms with Crippen molar-refractivity contribution in [2.45, 2.75) is 69.2 Å². The molecule has 0 saturated carbocycles. The number of aromatic nitrogens is 6. The van der Waals surface area contributed by atoms with Crippen LogP contribution in [0.2, 0.25) is 0 Å². The van der Waals surface area contributed by atoms with Crippen LogP contribution in [0, 0.1) is 41.5 Å². The lowest BCUT2D eigenvalue weighted by molar-refractivity contribution is 0.146. The van der Waals surface area contributed by atoms with Crippen molar-refractivity contribution >= 4 is 0 Å². The highest BCUT2D eigenvalue weighted by atomic mass is 19.3. The van der Waals surface area contributed by atoms with Gasteiger partial charge in [-0.2, -0.15) is 10.2 Å². The Morgan fingerprint density at radius 3 is 1.28 bits per heavy atom. The number of alkyl halides is 4. The molecule has 0 atom stereocenters. The fraction of sp³-hybridized carbons (Fsp3) is 0.250. The molecule has 0 fully saturated rings. The number of ether oxygens (including phenoxy) is 2. The summed E-state index contributed by atoms with van der Waals surface area (Å²) in [5, 5.41) is 12.9. The van der Waals surface area contributed by atoms with Crippen LogP contribution in [0.5, 0.6) is 23.3 Å². The second-order valence-corrected chi connectivity index (χ2v) is 11.8. The van der Waals surface area contributed by atoms with Gasteiger partial charge in [0, 0.05) is 34.6 Å². The van der Waals surface area contributed by atoms with Crippen LogP contribution in [0.25, 0.3) is 22.3 Å². The highest BCUT2D eigenvalue weighted by Gasteiger charge is 2.19. The fourth-order valence-corrected chi connectivity index (χ4v) is 5.61. The summed E-state index contributed by atoms with van der Waals surface area (Å²) >= 11 is 0. The van der Waals surface area contributed by atoms with Crippen LogP contribution in [0.4, 0.5) is 17.6 Å². The quantitative estimate of drug-likeness (QED) is 0.147. The maximum absolute atomic E-state index is 13.1. The van der Waals surface area contributed by atoms with Crippen LogP contribution in [0.1, 0.15) is 72.5 Å². The van der Waals surface area contributed by atoms with Gasteiger partial charge in [-0.05, 0) is 112 Å². The van der Waals surface area contributed by atoms with E-state index < -0.39 is 12.9 Å². The lowest BCUT2D eigenvalue weighted by Crippen LogP contribution is -2.14. The van der Waals surface area contributed by atoms with E-state index >= 15 is 0 Å². The van der Waals surface area contributed by atoms with Gasteiger partial charge in [0.25, 0.3) is 24.0 Å². The zero-order chi connectivity index (χ0) is 37.7. The van der Waals surface area contributed by atoms with Crippen molar-refractivity contribution in [2.24, 2.45) is 0 Å². The first-order valence-electron chi connectivity index (χ1n) is 15.9. The first-order valence-corrected chi connectivity index (χ1v) is 15.9. The topological polar surface area (TPSA) is 136 Å². The van der Waals surface area contributed by atoms with Crippen LogP contribution in [-0.2, 0) is 0 Å². The Labute approximate surface area is 310 Å². The second-order valence-electron chi connectivity index (χ2n) is 11.8. The van der Waals surface area contributed by atoms with Crippen molar-refractivity contribution in [3.63, 3.8) is 0 Å². The molecular formula is C40H42F4N6O4. The van der Waals surface area contributed by atoms with Gasteiger partial charge < -0.3 is 9.47 Å². The number of aromatic amines is 2. The number of nitrogens with one attached hydrogen (secondary N) is 2. The minimum Gasteiger partial charge on any atom is -0.439 e. The molecule has 4 heterocycles. The van der Waals surface area contributed by atoms with E-state index in [1.165, 1.54) is 36.7 Å². The van der Waals surface area contributed by atoms with Gasteiger partial charge in [-0.3, -0.25) is 9.59 Å². The fourth-order valence-electron chi connectivity index (χ4n) is 5.61. The third kappa shape index (κ3) is 9.24. The molecule has 10 nitrogen and oxygen atoms in total. The zero-order valence-electron chi connectivity index (χ0n) is 29.0. The standard InChI is InChI=1S/2C19H17F2N3O2.2CH4/c2*1-10-9-13(26-19-15(17(20)21)5-4-8-22-19)6-7-14(10)16-11(2)18(25)24-23-12(16)3;;/h2*4-9,17H,1-3H3,(H,24,25);2*1H4. The van der Waals surface area contributed by atoms with Crippen LogP contribution < -0.4 is 20.6 Å². The first-order chi connectivity index (χ1) is 24.8. The van der Waals surface area contributed by atoms with Crippen LogP contribution in [0.15, 0.2) is 82.6 Å². The molecule has 0 unspecified atom stereocenters. The first kappa shape index (κ1) is 42.2. The Kier molecular flexibility index (Phi) is 14.1. The summed E-state index contributed by atoms with van der Waals surface area (Å²) in [6.07, 6.45) is -2.55. The summed E-state index contributed by atoms with van der Waals surface area (Å²) < 4.78 is 63.4.